The third kappa shape index (κ3) is 3.52. The fraction of sp³-hybridized carbons (Fsp3) is 0.259. The van der Waals surface area contributed by atoms with Crippen molar-refractivity contribution in [1.82, 2.24) is 0 Å². The van der Waals surface area contributed by atoms with Gasteiger partial charge in [-0.15, -0.1) is 0 Å². The van der Waals surface area contributed by atoms with Gasteiger partial charge in [-0.1, -0.05) is 84.9 Å². The molecule has 1 saturated carbocycles. The zero-order chi connectivity index (χ0) is 21.4. The van der Waals surface area contributed by atoms with Gasteiger partial charge < -0.3 is 9.84 Å². The summed E-state index contributed by atoms with van der Waals surface area (Å²) >= 11 is 0. The predicted octanol–water partition coefficient (Wildman–Crippen LogP) is 4.60. The first kappa shape index (κ1) is 19.6. The van der Waals surface area contributed by atoms with E-state index in [-0.39, 0.29) is 12.1 Å². The van der Waals surface area contributed by atoms with Gasteiger partial charge in [0.1, 0.15) is 6.10 Å². The summed E-state index contributed by atoms with van der Waals surface area (Å²) in [5.74, 6) is -3.16. The van der Waals surface area contributed by atoms with Crippen molar-refractivity contribution in [1.29, 1.82) is 0 Å². The minimum absolute atomic E-state index is 0.193. The molecule has 0 aliphatic heterocycles. The first-order valence-electron chi connectivity index (χ1n) is 10.7. The average molecular weight is 412 g/mol. The molecule has 2 aliphatic carbocycles. The van der Waals surface area contributed by atoms with Crippen molar-refractivity contribution in [3.8, 4) is 0 Å². The van der Waals surface area contributed by atoms with E-state index < -0.39 is 29.6 Å². The predicted molar refractivity (Wildman–Crippen MR) is 117 cm³/mol. The van der Waals surface area contributed by atoms with Crippen LogP contribution >= 0.6 is 0 Å². The summed E-state index contributed by atoms with van der Waals surface area (Å²) < 4.78 is 6.00. The minimum atomic E-state index is -0.875. The number of benzene rings is 3. The molecule has 0 radical (unpaired) electrons. The Hall–Kier alpha value is -3.40. The normalized spacial score (nSPS) is 24.8. The molecule has 4 heteroatoms. The lowest BCUT2D eigenvalue weighted by molar-refractivity contribution is -0.167. The van der Waals surface area contributed by atoms with Crippen molar-refractivity contribution in [2.45, 2.75) is 30.8 Å². The van der Waals surface area contributed by atoms with Gasteiger partial charge in [0.2, 0.25) is 0 Å². The topological polar surface area (TPSA) is 63.6 Å². The van der Waals surface area contributed by atoms with Crippen LogP contribution in [0.15, 0.2) is 84.9 Å². The Labute approximate surface area is 181 Å². The van der Waals surface area contributed by atoms with Crippen LogP contribution in [0.3, 0.4) is 0 Å². The maximum Gasteiger partial charge on any atom is 0.310 e. The second kappa shape index (κ2) is 8.03. The van der Waals surface area contributed by atoms with E-state index in [2.05, 4.69) is 12.1 Å². The van der Waals surface area contributed by atoms with Crippen molar-refractivity contribution < 1.29 is 19.4 Å². The van der Waals surface area contributed by atoms with Gasteiger partial charge in [0.15, 0.2) is 0 Å². The molecule has 156 valence electrons. The molecule has 3 aromatic carbocycles. The molecule has 0 saturated heterocycles. The van der Waals surface area contributed by atoms with Gasteiger partial charge in [0.05, 0.1) is 11.8 Å². The average Bonchev–Trinajstić information content (AvgIpc) is 3.16. The van der Waals surface area contributed by atoms with Crippen LogP contribution in [0.2, 0.25) is 0 Å². The number of carboxylic acids is 1. The quantitative estimate of drug-likeness (QED) is 0.623. The van der Waals surface area contributed by atoms with Gasteiger partial charge in [-0.25, -0.2) is 0 Å². The molecule has 0 amide bonds. The minimum Gasteiger partial charge on any atom is -0.481 e. The third-order valence-electron chi connectivity index (χ3n) is 6.77. The highest BCUT2D eigenvalue weighted by Gasteiger charge is 2.59. The molecule has 3 unspecified atom stereocenters. The maximum atomic E-state index is 13.5. The van der Waals surface area contributed by atoms with Crippen LogP contribution < -0.4 is 0 Å². The summed E-state index contributed by atoms with van der Waals surface area (Å²) in [5, 5.41) is 10.0. The van der Waals surface area contributed by atoms with Crippen molar-refractivity contribution >= 4 is 11.9 Å². The van der Waals surface area contributed by atoms with Crippen molar-refractivity contribution in [3.63, 3.8) is 0 Å². The molecule has 3 aromatic rings. The van der Waals surface area contributed by atoms with Gasteiger partial charge in [-0.2, -0.15) is 0 Å². The van der Waals surface area contributed by atoms with Gasteiger partial charge in [0, 0.05) is 24.7 Å². The Morgan fingerprint density at radius 1 is 0.677 bits per heavy atom. The Morgan fingerprint density at radius 3 is 1.58 bits per heavy atom. The van der Waals surface area contributed by atoms with Gasteiger partial charge in [-0.05, 0) is 22.3 Å². The fourth-order valence-corrected chi connectivity index (χ4v) is 5.37. The highest BCUT2D eigenvalue weighted by molar-refractivity contribution is 5.84. The van der Waals surface area contributed by atoms with E-state index in [4.69, 9.17) is 4.74 Å². The largest absolute Gasteiger partial charge is 0.481 e. The van der Waals surface area contributed by atoms with Gasteiger partial charge in [0.25, 0.3) is 0 Å². The Balaban J connectivity index is 1.45. The fourth-order valence-electron chi connectivity index (χ4n) is 5.37. The summed E-state index contributed by atoms with van der Waals surface area (Å²) in [7, 11) is 0. The Bertz CT molecular complexity index is 1020. The summed E-state index contributed by atoms with van der Waals surface area (Å²) in [6.45, 7) is 0. The number of carbonyl (C=O) groups excluding carboxylic acids is 1. The highest BCUT2D eigenvalue weighted by atomic mass is 16.5. The molecule has 1 fully saturated rings. The zero-order valence-corrected chi connectivity index (χ0v) is 17.1. The number of carboxylic acid groups (broad SMARTS) is 1. The van der Waals surface area contributed by atoms with Crippen molar-refractivity contribution in [2.24, 2.45) is 11.8 Å². The smallest absolute Gasteiger partial charge is 0.310 e. The molecular formula is C27H24O4. The standard InChI is InChI=1S/C27H24O4/c28-26(29)24-22(17-9-3-1-4-10-17)25(23(24)18-11-5-2-6-12-18)27(30)31-21-15-19-13-7-8-14-20(19)16-21/h1-14,21-25H,15-16H2,(H,28,29)/t22-,23?,24?,25?/m1/s1. The van der Waals surface area contributed by atoms with E-state index in [1.807, 2.05) is 72.8 Å². The zero-order valence-electron chi connectivity index (χ0n) is 17.1. The molecule has 0 heterocycles. The van der Waals surface area contributed by atoms with Crippen LogP contribution in [0.4, 0.5) is 0 Å². The van der Waals surface area contributed by atoms with Gasteiger partial charge in [-0.3, -0.25) is 9.59 Å². The van der Waals surface area contributed by atoms with E-state index >= 15 is 0 Å². The number of rotatable bonds is 5. The summed E-state index contributed by atoms with van der Waals surface area (Å²) in [4.78, 5) is 25.7. The molecule has 31 heavy (non-hydrogen) atoms. The highest BCUT2D eigenvalue weighted by Crippen LogP contribution is 2.58. The molecule has 2 aliphatic rings. The van der Waals surface area contributed by atoms with Crippen LogP contribution in [0, 0.1) is 11.8 Å². The Morgan fingerprint density at radius 2 is 1.13 bits per heavy atom. The maximum absolute atomic E-state index is 13.5. The molecule has 4 atom stereocenters. The number of hydrogen-bond acceptors (Lipinski definition) is 3. The third-order valence-corrected chi connectivity index (χ3v) is 6.77. The van der Waals surface area contributed by atoms with E-state index in [0.29, 0.717) is 12.8 Å². The SMILES string of the molecule is O=C(O)C1C(c2ccccc2)C(C(=O)OC2Cc3ccccc3C2)[C@@H]1c1ccccc1. The van der Waals surface area contributed by atoms with Crippen LogP contribution in [0.1, 0.15) is 34.1 Å². The number of carbonyl (C=O) groups is 2. The summed E-state index contributed by atoms with van der Waals surface area (Å²) in [6.07, 6.45) is 1.23. The summed E-state index contributed by atoms with van der Waals surface area (Å²) in [5.41, 5.74) is 4.19. The lowest BCUT2D eigenvalue weighted by Gasteiger charge is -2.49. The van der Waals surface area contributed by atoms with E-state index in [9.17, 15) is 14.7 Å². The molecule has 1 N–H and O–H groups in total. The molecule has 5 rings (SSSR count). The molecule has 0 spiro atoms. The number of hydrogen-bond donors (Lipinski definition) is 1. The van der Waals surface area contributed by atoms with E-state index in [0.717, 1.165) is 11.1 Å². The number of fused-ring (bicyclic) bond motifs is 1. The second-order valence-corrected chi connectivity index (χ2v) is 8.50. The van der Waals surface area contributed by atoms with Crippen LogP contribution in [-0.2, 0) is 27.2 Å². The molecule has 0 bridgehead atoms. The molecule has 0 aromatic heterocycles. The van der Waals surface area contributed by atoms with Crippen LogP contribution in [-0.4, -0.2) is 23.1 Å². The van der Waals surface area contributed by atoms with E-state index in [1.165, 1.54) is 11.1 Å². The van der Waals surface area contributed by atoms with Crippen molar-refractivity contribution in [2.75, 3.05) is 0 Å². The first-order chi connectivity index (χ1) is 15.1. The monoisotopic (exact) mass is 412 g/mol. The van der Waals surface area contributed by atoms with E-state index in [1.54, 1.807) is 0 Å². The Kier molecular flexibility index (Phi) is 5.06. The summed E-state index contributed by atoms with van der Waals surface area (Å²) in [6, 6.07) is 27.2. The van der Waals surface area contributed by atoms with Crippen molar-refractivity contribution in [3.05, 3.63) is 107 Å². The first-order valence-corrected chi connectivity index (χ1v) is 10.7. The lowest BCUT2D eigenvalue weighted by atomic mass is 9.52. The number of ether oxygens (including phenoxy) is 1. The van der Waals surface area contributed by atoms with Gasteiger partial charge >= 0.3 is 11.9 Å². The lowest BCUT2D eigenvalue weighted by Crippen LogP contribution is -2.52. The van der Waals surface area contributed by atoms with Crippen LogP contribution in [0.25, 0.3) is 0 Å². The van der Waals surface area contributed by atoms with Crippen LogP contribution in [0.5, 0.6) is 0 Å². The second-order valence-electron chi connectivity index (χ2n) is 8.50. The molecule has 4 nitrogen and oxygen atoms in total. The number of aliphatic carboxylic acids is 1. The number of esters is 1. The molecular weight excluding hydrogens is 388 g/mol.